The second-order valence-electron chi connectivity index (χ2n) is 4.21. The summed E-state index contributed by atoms with van der Waals surface area (Å²) in [4.78, 5) is 0.640. The Hall–Kier alpha value is 0.820. The summed E-state index contributed by atoms with van der Waals surface area (Å²) in [7, 11) is 2.44. The van der Waals surface area contributed by atoms with Gasteiger partial charge in [0, 0.05) is 4.90 Å². The van der Waals surface area contributed by atoms with Crippen molar-refractivity contribution < 1.29 is 0 Å². The quantitative estimate of drug-likeness (QED) is 0.536. The molecular weight excluding hydrogens is 196 g/mol. The fourth-order valence-corrected chi connectivity index (χ4v) is 5.86. The van der Waals surface area contributed by atoms with Gasteiger partial charge in [-0.05, 0) is 53.1 Å². The lowest BCUT2D eigenvalue weighted by Gasteiger charge is -2.38. The Bertz CT molecular complexity index is 127. The predicted octanol–water partition coefficient (Wildman–Crippen LogP) is 3.19. The molecule has 0 bridgehead atoms. The summed E-state index contributed by atoms with van der Waals surface area (Å²) in [5, 5.41) is 3.23. The average molecular weight is 221 g/mol. The van der Waals surface area contributed by atoms with E-state index < -0.39 is 0 Å². The van der Waals surface area contributed by atoms with E-state index >= 15 is 0 Å². The first-order chi connectivity index (χ1) is 5.95. The highest BCUT2D eigenvalue weighted by Crippen LogP contribution is 2.62. The monoisotopic (exact) mass is 221 g/mol. The smallest absolute Gasteiger partial charge is 0.00685 e. The van der Waals surface area contributed by atoms with Crippen LogP contribution in [0.1, 0.15) is 19.8 Å². The summed E-state index contributed by atoms with van der Waals surface area (Å²) in [6.45, 7) is 13.4. The molecule has 0 heterocycles. The molecule has 0 aromatic heterocycles. The Balaban J connectivity index is 4.09. The molecule has 0 rings (SSSR count). The van der Waals surface area contributed by atoms with Crippen molar-refractivity contribution in [3.8, 4) is 0 Å². The molecule has 1 N–H and O–H groups in total. The second kappa shape index (κ2) is 6.33. The summed E-state index contributed by atoms with van der Waals surface area (Å²) in [5.74, 6) is 0. The molecule has 3 heteroatoms. The van der Waals surface area contributed by atoms with E-state index in [2.05, 4.69) is 38.9 Å². The third-order valence-electron chi connectivity index (χ3n) is 3.00. The molecule has 0 saturated heterocycles. The minimum atomic E-state index is 0.199. The van der Waals surface area contributed by atoms with Crippen molar-refractivity contribution >= 4 is 15.8 Å². The average Bonchev–Trinajstić information content (AvgIpc) is 2.03. The molecule has 0 saturated carbocycles. The maximum Gasteiger partial charge on any atom is 0.00685 e. The van der Waals surface area contributed by atoms with Gasteiger partial charge in [0.15, 0.2) is 0 Å². The van der Waals surface area contributed by atoms with Crippen LogP contribution in [0.15, 0.2) is 0 Å². The Morgan fingerprint density at radius 1 is 1.08 bits per heavy atom. The third-order valence-corrected chi connectivity index (χ3v) is 9.71. The largest absolute Gasteiger partial charge is 0.320 e. The molecule has 0 fully saturated rings. The molecule has 0 amide bonds. The highest BCUT2D eigenvalue weighted by molar-refractivity contribution is 7.75. The summed E-state index contributed by atoms with van der Waals surface area (Å²) in [5.41, 5.74) is 0. The van der Waals surface area contributed by atoms with Gasteiger partial charge in [-0.15, -0.1) is 15.8 Å². The van der Waals surface area contributed by atoms with E-state index in [0.717, 1.165) is 0 Å². The molecule has 0 unspecified atom stereocenters. The van der Waals surface area contributed by atoms with Crippen LogP contribution in [0, 0.1) is 0 Å². The maximum absolute atomic E-state index is 3.23. The molecule has 0 aromatic carbocycles. The van der Waals surface area contributed by atoms with E-state index in [0.29, 0.717) is 4.90 Å². The van der Waals surface area contributed by atoms with Gasteiger partial charge in [-0.2, -0.15) is 0 Å². The lowest BCUT2D eigenvalue weighted by atomic mass is 10.2. The Morgan fingerprint density at radius 2 is 1.54 bits per heavy atom. The van der Waals surface area contributed by atoms with E-state index in [1.807, 2.05) is 7.05 Å². The van der Waals surface area contributed by atoms with Crippen LogP contribution in [-0.2, 0) is 0 Å². The van der Waals surface area contributed by atoms with Gasteiger partial charge in [0.1, 0.15) is 0 Å². The van der Waals surface area contributed by atoms with Crippen molar-refractivity contribution in [3.63, 3.8) is 0 Å². The molecule has 13 heavy (non-hydrogen) atoms. The fourth-order valence-electron chi connectivity index (χ4n) is 1.45. The minimum Gasteiger partial charge on any atom is -0.320 e. The van der Waals surface area contributed by atoms with Crippen molar-refractivity contribution in [2.24, 2.45) is 0 Å². The predicted molar refractivity (Wildman–Crippen MR) is 69.1 cm³/mol. The normalized spacial score (nSPS) is 12.9. The van der Waals surface area contributed by atoms with Gasteiger partial charge in [0.25, 0.3) is 0 Å². The highest BCUT2D eigenvalue weighted by atomic mass is 31.2. The first-order valence-corrected chi connectivity index (χ1v) is 9.42. The zero-order chi connectivity index (χ0) is 10.5. The van der Waals surface area contributed by atoms with Crippen molar-refractivity contribution in [2.75, 3.05) is 40.3 Å². The maximum atomic E-state index is 3.23. The van der Waals surface area contributed by atoms with E-state index in [9.17, 15) is 0 Å². The van der Waals surface area contributed by atoms with Gasteiger partial charge in [-0.1, -0.05) is 6.92 Å². The lowest BCUT2D eigenvalue weighted by Crippen LogP contribution is -2.21. The Morgan fingerprint density at radius 3 is 1.85 bits per heavy atom. The number of nitrogens with one attached hydrogen (secondary N) is 1. The molecule has 80 valence electrons. The molecule has 0 atom stereocenters. The SMILES string of the molecule is CNCCCC(C)(P(C)C)P(C)C. The summed E-state index contributed by atoms with van der Waals surface area (Å²) >= 11 is 0. The summed E-state index contributed by atoms with van der Waals surface area (Å²) < 4.78 is 0. The van der Waals surface area contributed by atoms with Gasteiger partial charge in [-0.25, -0.2) is 0 Å². The topological polar surface area (TPSA) is 12.0 Å². The van der Waals surface area contributed by atoms with Crippen LogP contribution in [0.2, 0.25) is 0 Å². The molecule has 0 aliphatic heterocycles. The summed E-state index contributed by atoms with van der Waals surface area (Å²) in [6.07, 6.45) is 2.72. The van der Waals surface area contributed by atoms with Crippen LogP contribution in [0.5, 0.6) is 0 Å². The number of hydrogen-bond acceptors (Lipinski definition) is 1. The molecular formula is C10H25NP2. The van der Waals surface area contributed by atoms with E-state index in [4.69, 9.17) is 0 Å². The first-order valence-electron chi connectivity index (χ1n) is 4.94. The van der Waals surface area contributed by atoms with Crippen molar-refractivity contribution in [1.82, 2.24) is 5.32 Å². The zero-order valence-corrected chi connectivity index (χ0v) is 11.8. The van der Waals surface area contributed by atoms with E-state index in [-0.39, 0.29) is 15.8 Å². The summed E-state index contributed by atoms with van der Waals surface area (Å²) in [6, 6.07) is 0. The van der Waals surface area contributed by atoms with E-state index in [1.165, 1.54) is 19.4 Å². The van der Waals surface area contributed by atoms with Crippen molar-refractivity contribution in [1.29, 1.82) is 0 Å². The van der Waals surface area contributed by atoms with Gasteiger partial charge >= 0.3 is 0 Å². The Kier molecular flexibility index (Phi) is 6.73. The highest BCUT2D eigenvalue weighted by Gasteiger charge is 2.30. The molecule has 0 aromatic rings. The minimum absolute atomic E-state index is 0.199. The van der Waals surface area contributed by atoms with Gasteiger partial charge in [-0.3, -0.25) is 0 Å². The van der Waals surface area contributed by atoms with Crippen LogP contribution < -0.4 is 5.32 Å². The van der Waals surface area contributed by atoms with Crippen molar-refractivity contribution in [3.05, 3.63) is 0 Å². The first kappa shape index (κ1) is 13.8. The van der Waals surface area contributed by atoms with Gasteiger partial charge < -0.3 is 5.32 Å². The van der Waals surface area contributed by atoms with Crippen LogP contribution in [0.25, 0.3) is 0 Å². The van der Waals surface area contributed by atoms with Crippen LogP contribution >= 0.6 is 15.8 Å². The molecule has 1 nitrogen and oxygen atoms in total. The molecule has 0 spiro atoms. The lowest BCUT2D eigenvalue weighted by molar-refractivity contribution is 0.646. The Labute approximate surface area is 86.6 Å². The van der Waals surface area contributed by atoms with Crippen LogP contribution in [-0.4, -0.2) is 45.1 Å². The fraction of sp³-hybridized carbons (Fsp3) is 1.00. The van der Waals surface area contributed by atoms with Crippen LogP contribution in [0.4, 0.5) is 0 Å². The number of rotatable bonds is 6. The standard InChI is InChI=1S/C10H25NP2/c1-10(12(3)4,13(5)6)8-7-9-11-2/h11H,7-9H2,1-6H3. The van der Waals surface area contributed by atoms with Crippen molar-refractivity contribution in [2.45, 2.75) is 24.7 Å². The van der Waals surface area contributed by atoms with E-state index in [1.54, 1.807) is 0 Å². The molecule has 0 radical (unpaired) electrons. The molecule has 0 aliphatic carbocycles. The third kappa shape index (κ3) is 4.24. The van der Waals surface area contributed by atoms with Gasteiger partial charge in [0.05, 0.1) is 0 Å². The second-order valence-corrected chi connectivity index (χ2v) is 10.1. The van der Waals surface area contributed by atoms with Crippen LogP contribution in [0.3, 0.4) is 0 Å². The number of hydrogen-bond donors (Lipinski definition) is 1. The van der Waals surface area contributed by atoms with Gasteiger partial charge in [0.2, 0.25) is 0 Å². The molecule has 0 aliphatic rings. The zero-order valence-electron chi connectivity index (χ0n) is 10.0.